The van der Waals surface area contributed by atoms with E-state index in [9.17, 15) is 21.6 Å². The number of rotatable bonds is 6. The lowest BCUT2D eigenvalue weighted by Crippen LogP contribution is -2.52. The summed E-state index contributed by atoms with van der Waals surface area (Å²) in [6.45, 7) is 1.52. The van der Waals surface area contributed by atoms with Gasteiger partial charge < -0.3 is 4.74 Å². The molecule has 0 bridgehead atoms. The maximum atomic E-state index is 12.1. The minimum Gasteiger partial charge on any atom is -0.469 e. The molecule has 8 nitrogen and oxygen atoms in total. The second-order valence-corrected chi connectivity index (χ2v) is 9.12. The van der Waals surface area contributed by atoms with Crippen LogP contribution in [-0.2, 0) is 29.6 Å². The van der Waals surface area contributed by atoms with E-state index in [0.29, 0.717) is 0 Å². The van der Waals surface area contributed by atoms with Gasteiger partial charge in [0, 0.05) is 19.1 Å². The van der Waals surface area contributed by atoms with Crippen LogP contribution in [0.2, 0.25) is 0 Å². The number of carbonyl (C=O) groups is 1. The molecule has 0 aromatic heterocycles. The number of nitrogens with zero attached hydrogens (tertiary/aromatic N) is 1. The Morgan fingerprint density at radius 1 is 1.45 bits per heavy atom. The Kier molecular flexibility index (Phi) is 5.17. The molecule has 1 N–H and O–H groups in total. The average molecular weight is 328 g/mol. The van der Waals surface area contributed by atoms with Gasteiger partial charge in [0.25, 0.3) is 10.2 Å². The van der Waals surface area contributed by atoms with Crippen LogP contribution in [0.5, 0.6) is 0 Å². The Morgan fingerprint density at radius 3 is 2.50 bits per heavy atom. The van der Waals surface area contributed by atoms with E-state index in [2.05, 4.69) is 9.46 Å². The van der Waals surface area contributed by atoms with Crippen LogP contribution in [0.3, 0.4) is 0 Å². The molecule has 0 aromatic rings. The number of esters is 1. The summed E-state index contributed by atoms with van der Waals surface area (Å²) in [5, 5.41) is 0. The fourth-order valence-corrected chi connectivity index (χ4v) is 5.42. The zero-order valence-electron chi connectivity index (χ0n) is 11.7. The van der Waals surface area contributed by atoms with Crippen LogP contribution in [0.25, 0.3) is 0 Å². The van der Waals surface area contributed by atoms with Crippen molar-refractivity contribution in [1.82, 2.24) is 9.03 Å². The monoisotopic (exact) mass is 328 g/mol. The third kappa shape index (κ3) is 4.69. The molecule has 10 heteroatoms. The standard InChI is InChI=1S/C10H20N2O6S2/c1-10(5-7-19(14,15)8-10)11-20(16,17)12(2)6-4-9(13)18-3/h11H,4-8H2,1-3H3. The van der Waals surface area contributed by atoms with Crippen molar-refractivity contribution in [2.45, 2.75) is 25.3 Å². The Bertz CT molecular complexity index is 571. The van der Waals surface area contributed by atoms with Crippen LogP contribution < -0.4 is 4.72 Å². The number of ether oxygens (including phenoxy) is 1. The fourth-order valence-electron chi connectivity index (χ4n) is 1.95. The topological polar surface area (TPSA) is 110 Å². The summed E-state index contributed by atoms with van der Waals surface area (Å²) in [5.41, 5.74) is -1.00. The van der Waals surface area contributed by atoms with E-state index in [1.165, 1.54) is 14.2 Å². The van der Waals surface area contributed by atoms with Crippen molar-refractivity contribution in [3.05, 3.63) is 0 Å². The van der Waals surface area contributed by atoms with Gasteiger partial charge in [0.15, 0.2) is 9.84 Å². The molecular weight excluding hydrogens is 308 g/mol. The molecule has 0 radical (unpaired) electrons. The highest BCUT2D eigenvalue weighted by Crippen LogP contribution is 2.24. The summed E-state index contributed by atoms with van der Waals surface area (Å²) in [7, 11) is -4.51. The van der Waals surface area contributed by atoms with Crippen molar-refractivity contribution in [2.24, 2.45) is 0 Å². The summed E-state index contributed by atoms with van der Waals surface area (Å²) in [5.74, 6) is -0.760. The first kappa shape index (κ1) is 17.3. The zero-order chi connectivity index (χ0) is 15.6. The molecule has 1 aliphatic heterocycles. The first-order valence-corrected chi connectivity index (χ1v) is 9.28. The third-order valence-corrected chi connectivity index (χ3v) is 6.80. The second-order valence-electron chi connectivity index (χ2n) is 5.16. The lowest BCUT2D eigenvalue weighted by atomic mass is 10.0. The molecule has 1 unspecified atom stereocenters. The van der Waals surface area contributed by atoms with Crippen molar-refractivity contribution in [3.63, 3.8) is 0 Å². The molecule has 0 aliphatic carbocycles. The van der Waals surface area contributed by atoms with Gasteiger partial charge in [-0.1, -0.05) is 0 Å². The molecular formula is C10H20N2O6S2. The lowest BCUT2D eigenvalue weighted by Gasteiger charge is -2.27. The van der Waals surface area contributed by atoms with E-state index in [4.69, 9.17) is 0 Å². The van der Waals surface area contributed by atoms with Gasteiger partial charge in [-0.3, -0.25) is 4.79 Å². The Labute approximate surface area is 119 Å². The molecule has 1 aliphatic rings. The van der Waals surface area contributed by atoms with Crippen molar-refractivity contribution in [3.8, 4) is 0 Å². The maximum absolute atomic E-state index is 12.1. The minimum atomic E-state index is -3.85. The number of carbonyl (C=O) groups excluding carboxylic acids is 1. The third-order valence-electron chi connectivity index (χ3n) is 3.15. The molecule has 0 spiro atoms. The van der Waals surface area contributed by atoms with Crippen LogP contribution >= 0.6 is 0 Å². The predicted molar refractivity (Wildman–Crippen MR) is 73.0 cm³/mol. The summed E-state index contributed by atoms with van der Waals surface area (Å²) in [6, 6.07) is 0. The summed E-state index contributed by atoms with van der Waals surface area (Å²) in [4.78, 5) is 11.0. The van der Waals surface area contributed by atoms with Crippen molar-refractivity contribution < 1.29 is 26.4 Å². The predicted octanol–water partition coefficient (Wildman–Crippen LogP) is -1.11. The highest BCUT2D eigenvalue weighted by molar-refractivity contribution is 7.92. The van der Waals surface area contributed by atoms with Gasteiger partial charge in [0.1, 0.15) is 0 Å². The first-order valence-electron chi connectivity index (χ1n) is 6.02. The normalized spacial score (nSPS) is 25.8. The highest BCUT2D eigenvalue weighted by Gasteiger charge is 2.41. The number of sulfone groups is 1. The average Bonchev–Trinajstić information content (AvgIpc) is 2.58. The fraction of sp³-hybridized carbons (Fsp3) is 0.900. The van der Waals surface area contributed by atoms with Gasteiger partial charge in [-0.05, 0) is 13.3 Å². The number of hydrogen-bond donors (Lipinski definition) is 1. The van der Waals surface area contributed by atoms with Gasteiger partial charge >= 0.3 is 5.97 Å². The molecule has 1 atom stereocenters. The van der Waals surface area contributed by atoms with E-state index in [-0.39, 0.29) is 30.9 Å². The van der Waals surface area contributed by atoms with Crippen molar-refractivity contribution in [1.29, 1.82) is 0 Å². The van der Waals surface area contributed by atoms with Gasteiger partial charge in [-0.2, -0.15) is 17.4 Å². The van der Waals surface area contributed by atoms with E-state index >= 15 is 0 Å². The van der Waals surface area contributed by atoms with E-state index in [1.54, 1.807) is 6.92 Å². The first-order chi connectivity index (χ1) is 9.00. The zero-order valence-corrected chi connectivity index (χ0v) is 13.4. The Hall–Kier alpha value is -0.710. The molecule has 1 heterocycles. The van der Waals surface area contributed by atoms with Gasteiger partial charge in [-0.25, -0.2) is 8.42 Å². The van der Waals surface area contributed by atoms with Crippen molar-refractivity contribution in [2.75, 3.05) is 32.2 Å². The van der Waals surface area contributed by atoms with Crippen LogP contribution in [0.4, 0.5) is 0 Å². The second kappa shape index (κ2) is 5.96. The number of nitrogens with one attached hydrogen (secondary N) is 1. The molecule has 0 aromatic carbocycles. The number of methoxy groups -OCH3 is 1. The van der Waals surface area contributed by atoms with Crippen LogP contribution in [-0.4, -0.2) is 64.9 Å². The maximum Gasteiger partial charge on any atom is 0.306 e. The smallest absolute Gasteiger partial charge is 0.306 e. The van der Waals surface area contributed by atoms with E-state index < -0.39 is 31.6 Å². The number of hydrogen-bond acceptors (Lipinski definition) is 6. The highest BCUT2D eigenvalue weighted by atomic mass is 32.2. The summed E-state index contributed by atoms with van der Waals surface area (Å²) in [6.07, 6.45) is 0.169. The largest absolute Gasteiger partial charge is 0.469 e. The molecule has 20 heavy (non-hydrogen) atoms. The SMILES string of the molecule is COC(=O)CCN(C)S(=O)(=O)NC1(C)CCS(=O)(=O)C1. The summed E-state index contributed by atoms with van der Waals surface area (Å²) < 4.78 is 54.8. The quantitative estimate of drug-likeness (QED) is 0.619. The van der Waals surface area contributed by atoms with Crippen molar-refractivity contribution >= 4 is 26.0 Å². The van der Waals surface area contributed by atoms with Gasteiger partial charge in [0.2, 0.25) is 0 Å². The minimum absolute atomic E-state index is 0.0299. The van der Waals surface area contributed by atoms with Crippen LogP contribution in [0, 0.1) is 0 Å². The summed E-state index contributed by atoms with van der Waals surface area (Å²) >= 11 is 0. The van der Waals surface area contributed by atoms with Gasteiger partial charge in [0.05, 0.1) is 25.0 Å². The van der Waals surface area contributed by atoms with Crippen LogP contribution in [0.1, 0.15) is 19.8 Å². The Balaban J connectivity index is 2.68. The molecule has 1 fully saturated rings. The van der Waals surface area contributed by atoms with Gasteiger partial charge in [-0.15, -0.1) is 0 Å². The van der Waals surface area contributed by atoms with E-state index in [1.807, 2.05) is 0 Å². The van der Waals surface area contributed by atoms with E-state index in [0.717, 1.165) is 4.31 Å². The Morgan fingerprint density at radius 2 is 2.05 bits per heavy atom. The molecule has 0 amide bonds. The molecule has 1 saturated heterocycles. The molecule has 118 valence electrons. The molecule has 0 saturated carbocycles. The van der Waals surface area contributed by atoms with Crippen LogP contribution in [0.15, 0.2) is 0 Å². The molecule has 1 rings (SSSR count). The lowest BCUT2D eigenvalue weighted by molar-refractivity contribution is -0.140.